The lowest BCUT2D eigenvalue weighted by Gasteiger charge is -2.18. The molecule has 1 N–H and O–H groups in total. The minimum Gasteiger partial charge on any atom is -0.308 e. The zero-order valence-corrected chi connectivity index (χ0v) is 18.0. The zero-order chi connectivity index (χ0) is 21.5. The molecule has 2 aromatic carbocycles. The topological polar surface area (TPSA) is 79.4 Å². The molecule has 1 aliphatic heterocycles. The number of hydrogen-bond donors (Lipinski definition) is 1. The molecule has 0 atom stereocenters. The van der Waals surface area contributed by atoms with E-state index in [0.717, 1.165) is 28.8 Å². The highest BCUT2D eigenvalue weighted by Crippen LogP contribution is 2.33. The largest absolute Gasteiger partial charge is 0.308 e. The highest BCUT2D eigenvalue weighted by Gasteiger charge is 2.27. The van der Waals surface area contributed by atoms with Crippen LogP contribution in [0.1, 0.15) is 32.6 Å². The lowest BCUT2D eigenvalue weighted by Crippen LogP contribution is -2.29. The lowest BCUT2D eigenvalue weighted by molar-refractivity contribution is 0.0989. The van der Waals surface area contributed by atoms with Gasteiger partial charge in [0.15, 0.2) is 0 Å². The first kappa shape index (κ1) is 20.1. The van der Waals surface area contributed by atoms with Crippen LogP contribution in [0.15, 0.2) is 59.8 Å². The summed E-state index contributed by atoms with van der Waals surface area (Å²) in [6.07, 6.45) is 3.89. The van der Waals surface area contributed by atoms with Crippen molar-refractivity contribution in [2.75, 3.05) is 16.2 Å². The van der Waals surface area contributed by atoms with Gasteiger partial charge in [0.25, 0.3) is 15.9 Å². The normalized spacial score (nSPS) is 13.2. The van der Waals surface area contributed by atoms with E-state index in [1.807, 2.05) is 26.0 Å². The van der Waals surface area contributed by atoms with Gasteiger partial charge in [0.1, 0.15) is 0 Å². The van der Waals surface area contributed by atoms with Crippen LogP contribution in [0.3, 0.4) is 0 Å². The van der Waals surface area contributed by atoms with Crippen molar-refractivity contribution in [2.24, 2.45) is 0 Å². The molecule has 3 aromatic rings. The van der Waals surface area contributed by atoms with Crippen LogP contribution in [0.5, 0.6) is 0 Å². The molecule has 154 valence electrons. The summed E-state index contributed by atoms with van der Waals surface area (Å²) in [7, 11) is -3.75. The minimum atomic E-state index is -3.75. The second-order valence-electron chi connectivity index (χ2n) is 7.60. The Bertz CT molecular complexity index is 1240. The second kappa shape index (κ2) is 7.57. The van der Waals surface area contributed by atoms with Crippen molar-refractivity contribution in [3.05, 3.63) is 82.7 Å². The molecule has 0 spiro atoms. The average Bonchev–Trinajstić information content (AvgIpc) is 3.13. The quantitative estimate of drug-likeness (QED) is 0.690. The van der Waals surface area contributed by atoms with E-state index < -0.39 is 10.0 Å². The molecule has 0 bridgehead atoms. The van der Waals surface area contributed by atoms with Crippen LogP contribution in [-0.4, -0.2) is 25.9 Å². The molecule has 2 heterocycles. The molecule has 0 aliphatic carbocycles. The van der Waals surface area contributed by atoms with Gasteiger partial charge in [0.05, 0.1) is 16.1 Å². The zero-order valence-electron chi connectivity index (χ0n) is 17.1. The van der Waals surface area contributed by atoms with E-state index >= 15 is 0 Å². The van der Waals surface area contributed by atoms with Crippen molar-refractivity contribution in [1.29, 1.82) is 0 Å². The van der Waals surface area contributed by atoms with E-state index in [9.17, 15) is 13.2 Å². The van der Waals surface area contributed by atoms with Gasteiger partial charge in [-0.05, 0) is 79.8 Å². The number of aromatic nitrogens is 1. The fourth-order valence-electron chi connectivity index (χ4n) is 3.73. The summed E-state index contributed by atoms with van der Waals surface area (Å²) in [5, 5.41) is 0. The number of nitrogens with one attached hydrogen (secondary N) is 1. The summed E-state index contributed by atoms with van der Waals surface area (Å²) in [6.45, 7) is 6.19. The standard InChI is InChI=1S/C23H23N3O3S/c1-15-11-17(3)22(12-16(15)2)30(28,29)25-20-7-6-18-8-10-26(21(18)13-20)23(27)19-5-4-9-24-14-19/h4-7,9,11-14,25H,8,10H2,1-3H3. The number of sulfonamides is 1. The SMILES string of the molecule is Cc1cc(C)c(S(=O)(=O)Nc2ccc3c(c2)N(C(=O)c2cccnc2)CC3)cc1C. The van der Waals surface area contributed by atoms with Gasteiger partial charge in [-0.2, -0.15) is 0 Å². The number of anilines is 2. The summed E-state index contributed by atoms with van der Waals surface area (Å²) < 4.78 is 28.7. The van der Waals surface area contributed by atoms with Crippen molar-refractivity contribution in [3.8, 4) is 0 Å². The smallest absolute Gasteiger partial charge is 0.262 e. The molecule has 1 amide bonds. The highest BCUT2D eigenvalue weighted by molar-refractivity contribution is 7.92. The van der Waals surface area contributed by atoms with Crippen molar-refractivity contribution in [1.82, 2.24) is 4.98 Å². The number of aryl methyl sites for hydroxylation is 3. The van der Waals surface area contributed by atoms with Gasteiger partial charge in [0, 0.05) is 24.6 Å². The third-order valence-corrected chi connectivity index (χ3v) is 6.99. The van der Waals surface area contributed by atoms with E-state index in [0.29, 0.717) is 23.4 Å². The Balaban J connectivity index is 1.65. The third-order valence-electron chi connectivity index (χ3n) is 5.47. The number of hydrogen-bond acceptors (Lipinski definition) is 4. The number of benzene rings is 2. The highest BCUT2D eigenvalue weighted by atomic mass is 32.2. The van der Waals surface area contributed by atoms with Crippen LogP contribution in [-0.2, 0) is 16.4 Å². The minimum absolute atomic E-state index is 0.146. The Kier molecular flexibility index (Phi) is 5.07. The Morgan fingerprint density at radius 2 is 1.80 bits per heavy atom. The maximum atomic E-state index is 13.0. The lowest BCUT2D eigenvalue weighted by atomic mass is 10.1. The van der Waals surface area contributed by atoms with Gasteiger partial charge in [-0.15, -0.1) is 0 Å². The van der Waals surface area contributed by atoms with E-state index in [1.54, 1.807) is 48.4 Å². The van der Waals surface area contributed by atoms with Gasteiger partial charge in [0.2, 0.25) is 0 Å². The number of carbonyl (C=O) groups is 1. The Morgan fingerprint density at radius 1 is 1.03 bits per heavy atom. The summed E-state index contributed by atoms with van der Waals surface area (Å²) in [4.78, 5) is 18.8. The van der Waals surface area contributed by atoms with Crippen LogP contribution in [0.2, 0.25) is 0 Å². The number of nitrogens with zero attached hydrogens (tertiary/aromatic N) is 2. The molecule has 4 rings (SSSR count). The van der Waals surface area contributed by atoms with Gasteiger partial charge in [-0.3, -0.25) is 14.5 Å². The summed E-state index contributed by atoms with van der Waals surface area (Å²) in [5.74, 6) is -0.146. The molecular formula is C23H23N3O3S. The number of pyridine rings is 1. The molecule has 1 aliphatic rings. The van der Waals surface area contributed by atoms with Gasteiger partial charge < -0.3 is 4.90 Å². The monoisotopic (exact) mass is 421 g/mol. The molecule has 0 saturated heterocycles. The van der Waals surface area contributed by atoms with E-state index in [2.05, 4.69) is 9.71 Å². The molecule has 0 radical (unpaired) electrons. The third kappa shape index (κ3) is 3.68. The molecule has 1 aromatic heterocycles. The molecule has 0 unspecified atom stereocenters. The van der Waals surface area contributed by atoms with Crippen LogP contribution >= 0.6 is 0 Å². The molecular weight excluding hydrogens is 398 g/mol. The van der Waals surface area contributed by atoms with Crippen molar-refractivity contribution in [3.63, 3.8) is 0 Å². The van der Waals surface area contributed by atoms with Crippen LogP contribution < -0.4 is 9.62 Å². The second-order valence-corrected chi connectivity index (χ2v) is 9.25. The Morgan fingerprint density at radius 3 is 2.53 bits per heavy atom. The summed E-state index contributed by atoms with van der Waals surface area (Å²) >= 11 is 0. The first-order valence-corrected chi connectivity index (χ1v) is 11.2. The van der Waals surface area contributed by atoms with E-state index in [1.165, 1.54) is 6.20 Å². The first-order chi connectivity index (χ1) is 14.3. The summed E-state index contributed by atoms with van der Waals surface area (Å²) in [6, 6.07) is 12.4. The Hall–Kier alpha value is -3.19. The predicted octanol–water partition coefficient (Wildman–Crippen LogP) is 4.01. The van der Waals surface area contributed by atoms with Crippen LogP contribution in [0.25, 0.3) is 0 Å². The number of amides is 1. The molecule has 30 heavy (non-hydrogen) atoms. The number of carbonyl (C=O) groups excluding carboxylic acids is 1. The van der Waals surface area contributed by atoms with Crippen LogP contribution in [0, 0.1) is 20.8 Å². The predicted molar refractivity (Wildman–Crippen MR) is 118 cm³/mol. The number of fused-ring (bicyclic) bond motifs is 1. The van der Waals surface area contributed by atoms with E-state index in [4.69, 9.17) is 0 Å². The van der Waals surface area contributed by atoms with Gasteiger partial charge in [-0.25, -0.2) is 8.42 Å². The fourth-order valence-corrected chi connectivity index (χ4v) is 5.09. The molecule has 6 nitrogen and oxygen atoms in total. The van der Waals surface area contributed by atoms with Gasteiger partial charge >= 0.3 is 0 Å². The van der Waals surface area contributed by atoms with E-state index in [-0.39, 0.29) is 10.8 Å². The average molecular weight is 422 g/mol. The van der Waals surface area contributed by atoms with Crippen LogP contribution in [0.4, 0.5) is 11.4 Å². The molecule has 0 fully saturated rings. The molecule has 7 heteroatoms. The fraction of sp³-hybridized carbons (Fsp3) is 0.217. The van der Waals surface area contributed by atoms with Crippen molar-refractivity contribution in [2.45, 2.75) is 32.1 Å². The molecule has 0 saturated carbocycles. The maximum absolute atomic E-state index is 13.0. The summed E-state index contributed by atoms with van der Waals surface area (Å²) in [5.41, 5.74) is 5.33. The van der Waals surface area contributed by atoms with Gasteiger partial charge in [-0.1, -0.05) is 12.1 Å². The van der Waals surface area contributed by atoms with Crippen molar-refractivity contribution >= 4 is 27.3 Å². The number of rotatable bonds is 4. The first-order valence-electron chi connectivity index (χ1n) is 9.72. The Labute approximate surface area is 176 Å². The maximum Gasteiger partial charge on any atom is 0.262 e. The van der Waals surface area contributed by atoms with Crippen molar-refractivity contribution < 1.29 is 13.2 Å².